The zero-order valence-electron chi connectivity index (χ0n) is 11.6. The van der Waals surface area contributed by atoms with Crippen molar-refractivity contribution in [1.29, 1.82) is 0 Å². The molecule has 0 spiro atoms. The molecule has 1 saturated heterocycles. The fourth-order valence-corrected chi connectivity index (χ4v) is 2.90. The third-order valence-corrected chi connectivity index (χ3v) is 4.29. The molecule has 1 fully saturated rings. The van der Waals surface area contributed by atoms with E-state index in [2.05, 4.69) is 21.8 Å². The molecule has 1 amide bonds. The molecule has 0 aromatic carbocycles. The molecule has 5 heteroatoms. The van der Waals surface area contributed by atoms with Crippen LogP contribution in [0, 0.1) is 5.92 Å². The van der Waals surface area contributed by atoms with E-state index in [1.165, 1.54) is 19.3 Å². The molecule has 0 aliphatic carbocycles. The normalized spacial score (nSPS) is 20.0. The van der Waals surface area contributed by atoms with Crippen LogP contribution in [0.25, 0.3) is 0 Å². The topological polar surface area (TPSA) is 49.3 Å². The zero-order chi connectivity index (χ0) is 13.4. The minimum absolute atomic E-state index is 0.0336. The number of nitrogens with zero attached hydrogens (tertiary/aromatic N) is 4. The second-order valence-electron chi connectivity index (χ2n) is 5.53. The first-order valence-electron chi connectivity index (χ1n) is 7.05. The highest BCUT2D eigenvalue weighted by Gasteiger charge is 2.28. The lowest BCUT2D eigenvalue weighted by atomic mass is 9.95. The molecule has 5 nitrogen and oxygen atoms in total. The van der Waals surface area contributed by atoms with E-state index in [0.717, 1.165) is 30.6 Å². The van der Waals surface area contributed by atoms with Gasteiger partial charge in [-0.15, -0.1) is 0 Å². The number of anilines is 1. The van der Waals surface area contributed by atoms with Gasteiger partial charge in [0, 0.05) is 26.3 Å². The van der Waals surface area contributed by atoms with E-state index in [1.54, 1.807) is 18.1 Å². The number of hydrogen-bond acceptors (Lipinski definition) is 4. The maximum absolute atomic E-state index is 11.8. The Morgan fingerprint density at radius 3 is 2.79 bits per heavy atom. The van der Waals surface area contributed by atoms with Crippen molar-refractivity contribution in [2.75, 3.05) is 25.0 Å². The quantitative estimate of drug-likeness (QED) is 0.812. The van der Waals surface area contributed by atoms with Crippen molar-refractivity contribution in [2.45, 2.75) is 32.7 Å². The maximum atomic E-state index is 11.8. The molecule has 1 aromatic heterocycles. The van der Waals surface area contributed by atoms with Crippen LogP contribution in [-0.4, -0.2) is 40.9 Å². The third kappa shape index (κ3) is 2.17. The van der Waals surface area contributed by atoms with Crippen LogP contribution in [-0.2, 0) is 6.54 Å². The van der Waals surface area contributed by atoms with Gasteiger partial charge in [-0.1, -0.05) is 13.3 Å². The lowest BCUT2D eigenvalue weighted by Crippen LogP contribution is -2.34. The van der Waals surface area contributed by atoms with E-state index in [1.807, 2.05) is 0 Å². The first-order chi connectivity index (χ1) is 9.19. The van der Waals surface area contributed by atoms with Gasteiger partial charge in [0.25, 0.3) is 5.91 Å². The van der Waals surface area contributed by atoms with E-state index in [-0.39, 0.29) is 5.91 Å². The van der Waals surface area contributed by atoms with Crippen LogP contribution in [0.1, 0.15) is 42.2 Å². The summed E-state index contributed by atoms with van der Waals surface area (Å²) >= 11 is 0. The SMILES string of the molecule is CCC1CCN(c2ncc3c(n2)CN(C)C3=O)CC1. The number of amides is 1. The number of rotatable bonds is 2. The molecule has 102 valence electrons. The average molecular weight is 260 g/mol. The van der Waals surface area contributed by atoms with Gasteiger partial charge in [-0.25, -0.2) is 9.97 Å². The van der Waals surface area contributed by atoms with Crippen molar-refractivity contribution in [3.63, 3.8) is 0 Å². The molecule has 19 heavy (non-hydrogen) atoms. The highest BCUT2D eigenvalue weighted by Crippen LogP contribution is 2.25. The number of hydrogen-bond donors (Lipinski definition) is 0. The molecule has 2 aliphatic heterocycles. The Hall–Kier alpha value is -1.65. The average Bonchev–Trinajstić information content (AvgIpc) is 2.74. The minimum Gasteiger partial charge on any atom is -0.341 e. The number of carbonyl (C=O) groups excluding carboxylic acids is 1. The molecule has 0 saturated carbocycles. The molecular formula is C14H20N4O. The Morgan fingerprint density at radius 2 is 2.11 bits per heavy atom. The first kappa shape index (κ1) is 12.4. The predicted octanol–water partition coefficient (Wildman–Crippen LogP) is 1.69. The lowest BCUT2D eigenvalue weighted by molar-refractivity contribution is 0.0816. The summed E-state index contributed by atoms with van der Waals surface area (Å²) in [4.78, 5) is 24.7. The van der Waals surface area contributed by atoms with Gasteiger partial charge in [0.2, 0.25) is 5.95 Å². The molecule has 0 bridgehead atoms. The number of aromatic nitrogens is 2. The van der Waals surface area contributed by atoms with Crippen LogP contribution in [0.2, 0.25) is 0 Å². The third-order valence-electron chi connectivity index (χ3n) is 4.29. The van der Waals surface area contributed by atoms with Crippen molar-refractivity contribution in [2.24, 2.45) is 5.92 Å². The Balaban J connectivity index is 1.77. The maximum Gasteiger partial charge on any atom is 0.257 e. The van der Waals surface area contributed by atoms with Crippen LogP contribution in [0.5, 0.6) is 0 Å². The minimum atomic E-state index is 0.0336. The summed E-state index contributed by atoms with van der Waals surface area (Å²) in [7, 11) is 1.80. The Labute approximate surface area is 113 Å². The predicted molar refractivity (Wildman–Crippen MR) is 73.1 cm³/mol. The van der Waals surface area contributed by atoms with Crippen molar-refractivity contribution < 1.29 is 4.79 Å². The standard InChI is InChI=1S/C14H20N4O/c1-3-10-4-6-18(7-5-10)14-15-8-11-12(16-14)9-17(2)13(11)19/h8,10H,3-7,9H2,1-2H3. The fourth-order valence-electron chi connectivity index (χ4n) is 2.90. The van der Waals surface area contributed by atoms with Gasteiger partial charge >= 0.3 is 0 Å². The Kier molecular flexibility index (Phi) is 3.12. The molecule has 3 heterocycles. The molecule has 0 atom stereocenters. The second kappa shape index (κ2) is 4.79. The molecule has 0 N–H and O–H groups in total. The van der Waals surface area contributed by atoms with E-state index in [9.17, 15) is 4.79 Å². The van der Waals surface area contributed by atoms with Gasteiger partial charge in [0.1, 0.15) is 0 Å². The van der Waals surface area contributed by atoms with Gasteiger partial charge in [-0.2, -0.15) is 0 Å². The smallest absolute Gasteiger partial charge is 0.257 e. The van der Waals surface area contributed by atoms with Gasteiger partial charge < -0.3 is 9.80 Å². The van der Waals surface area contributed by atoms with E-state index >= 15 is 0 Å². The number of piperidine rings is 1. The summed E-state index contributed by atoms with van der Waals surface area (Å²) in [5.41, 5.74) is 1.53. The Morgan fingerprint density at radius 1 is 1.37 bits per heavy atom. The molecule has 2 aliphatic rings. The van der Waals surface area contributed by atoms with E-state index in [4.69, 9.17) is 0 Å². The highest BCUT2D eigenvalue weighted by atomic mass is 16.2. The molecule has 3 rings (SSSR count). The summed E-state index contributed by atoms with van der Waals surface area (Å²) in [6, 6.07) is 0. The summed E-state index contributed by atoms with van der Waals surface area (Å²) in [6.07, 6.45) is 5.39. The van der Waals surface area contributed by atoms with Crippen molar-refractivity contribution in [3.8, 4) is 0 Å². The van der Waals surface area contributed by atoms with Crippen molar-refractivity contribution >= 4 is 11.9 Å². The number of carbonyl (C=O) groups is 1. The molecular weight excluding hydrogens is 240 g/mol. The van der Waals surface area contributed by atoms with Crippen LogP contribution >= 0.6 is 0 Å². The van der Waals surface area contributed by atoms with Gasteiger partial charge in [-0.05, 0) is 18.8 Å². The van der Waals surface area contributed by atoms with Gasteiger partial charge in [0.05, 0.1) is 17.8 Å². The largest absolute Gasteiger partial charge is 0.341 e. The first-order valence-corrected chi connectivity index (χ1v) is 7.05. The van der Waals surface area contributed by atoms with E-state index < -0.39 is 0 Å². The van der Waals surface area contributed by atoms with Crippen molar-refractivity contribution in [3.05, 3.63) is 17.5 Å². The monoisotopic (exact) mass is 260 g/mol. The molecule has 0 radical (unpaired) electrons. The van der Waals surface area contributed by atoms with Crippen LogP contribution in [0.15, 0.2) is 6.20 Å². The van der Waals surface area contributed by atoms with Gasteiger partial charge in [-0.3, -0.25) is 4.79 Å². The highest BCUT2D eigenvalue weighted by molar-refractivity contribution is 5.97. The summed E-state index contributed by atoms with van der Waals surface area (Å²) in [5, 5.41) is 0. The fraction of sp³-hybridized carbons (Fsp3) is 0.643. The second-order valence-corrected chi connectivity index (χ2v) is 5.53. The summed E-state index contributed by atoms with van der Waals surface area (Å²) in [5.74, 6) is 1.67. The van der Waals surface area contributed by atoms with Crippen LogP contribution in [0.3, 0.4) is 0 Å². The van der Waals surface area contributed by atoms with Crippen LogP contribution in [0.4, 0.5) is 5.95 Å². The molecule has 1 aromatic rings. The summed E-state index contributed by atoms with van der Waals surface area (Å²) < 4.78 is 0. The van der Waals surface area contributed by atoms with E-state index in [0.29, 0.717) is 12.1 Å². The van der Waals surface area contributed by atoms with Crippen LogP contribution < -0.4 is 4.90 Å². The lowest BCUT2D eigenvalue weighted by Gasteiger charge is -2.31. The number of fused-ring (bicyclic) bond motifs is 1. The molecule has 0 unspecified atom stereocenters. The van der Waals surface area contributed by atoms with Gasteiger partial charge in [0.15, 0.2) is 0 Å². The zero-order valence-corrected chi connectivity index (χ0v) is 11.6. The van der Waals surface area contributed by atoms with Crippen molar-refractivity contribution in [1.82, 2.24) is 14.9 Å². The summed E-state index contributed by atoms with van der Waals surface area (Å²) in [6.45, 7) is 4.92. The Bertz CT molecular complexity index is 494.